The molecule has 3 unspecified atom stereocenters. The van der Waals surface area contributed by atoms with Gasteiger partial charge in [-0.05, 0) is 257 Å². The van der Waals surface area contributed by atoms with Gasteiger partial charge in [-0.15, -0.1) is 0 Å². The van der Waals surface area contributed by atoms with E-state index in [-0.39, 0.29) is 83.9 Å². The first-order valence-electron chi connectivity index (χ1n) is 49.7. The molecule has 0 bridgehead atoms. The predicted octanol–water partition coefficient (Wildman–Crippen LogP) is 18.4. The van der Waals surface area contributed by atoms with E-state index in [2.05, 4.69) is 112 Å². The van der Waals surface area contributed by atoms with Crippen LogP contribution in [0.4, 0.5) is 20.6 Å². The Labute approximate surface area is 862 Å². The molecule has 6 aliphatic heterocycles. The molecule has 2 saturated carbocycles. The Morgan fingerprint density at radius 3 is 1.83 bits per heavy atom. The number of halogens is 4. The number of nitrogens with two attached hydrogens (primary N) is 5. The van der Waals surface area contributed by atoms with Gasteiger partial charge in [0.1, 0.15) is 16.9 Å². The van der Waals surface area contributed by atoms with Crippen LogP contribution in [-0.4, -0.2) is 184 Å². The summed E-state index contributed by atoms with van der Waals surface area (Å²) in [7, 11) is 6.61. The van der Waals surface area contributed by atoms with Crippen molar-refractivity contribution >= 4 is 133 Å². The van der Waals surface area contributed by atoms with Crippen molar-refractivity contribution in [1.29, 1.82) is 0 Å². The molecule has 8 aliphatic rings. The molecule has 1 saturated heterocycles. The van der Waals surface area contributed by atoms with Crippen LogP contribution >= 0.6 is 39.1 Å². The van der Waals surface area contributed by atoms with Crippen molar-refractivity contribution in [2.45, 2.75) is 198 Å². The van der Waals surface area contributed by atoms with E-state index in [0.717, 1.165) is 167 Å². The van der Waals surface area contributed by atoms with Gasteiger partial charge in [-0.25, -0.2) is 34.1 Å². The Hall–Kier alpha value is -13.4. The Bertz CT molecular complexity index is 6500. The van der Waals surface area contributed by atoms with Crippen LogP contribution in [0.25, 0.3) is 33.0 Å². The van der Waals surface area contributed by atoms with Gasteiger partial charge in [-0.3, -0.25) is 58.3 Å². The molecule has 2 aliphatic carbocycles. The minimum absolute atomic E-state index is 0.0112. The van der Waals surface area contributed by atoms with E-state index in [1.165, 1.54) is 89.6 Å². The highest BCUT2D eigenvalue weighted by atomic mass is 79.9. The van der Waals surface area contributed by atoms with Crippen molar-refractivity contribution in [2.24, 2.45) is 71.4 Å². The highest BCUT2D eigenvalue weighted by Crippen LogP contribution is 2.45. The van der Waals surface area contributed by atoms with E-state index < -0.39 is 33.5 Å². The second kappa shape index (κ2) is 47.0. The topological polar surface area (TPSA) is 383 Å². The van der Waals surface area contributed by atoms with Gasteiger partial charge in [0.15, 0.2) is 46.4 Å². The third kappa shape index (κ3) is 24.6. The highest BCUT2D eigenvalue weighted by Gasteiger charge is 2.52. The summed E-state index contributed by atoms with van der Waals surface area (Å²) in [6.45, 7) is 15.9. The minimum Gasteiger partial charge on any atom is -0.371 e. The van der Waals surface area contributed by atoms with E-state index in [1.54, 1.807) is 83.5 Å². The van der Waals surface area contributed by atoms with E-state index in [1.807, 2.05) is 163 Å². The van der Waals surface area contributed by atoms with Gasteiger partial charge in [0.25, 0.3) is 35.4 Å². The van der Waals surface area contributed by atoms with Crippen LogP contribution in [0.5, 0.6) is 0 Å². The number of guanidine groups is 5. The molecule has 144 heavy (non-hydrogen) atoms. The van der Waals surface area contributed by atoms with Crippen molar-refractivity contribution in [3.63, 3.8) is 0 Å². The molecular formula is C112H133BrCl2FN21O7. The number of benzene rings is 9. The monoisotopic (exact) mass is 2050 g/mol. The van der Waals surface area contributed by atoms with Crippen LogP contribution in [0.3, 0.4) is 0 Å². The minimum atomic E-state index is -1.35. The molecule has 8 amide bonds. The third-order valence-electron chi connectivity index (χ3n) is 29.0. The van der Waals surface area contributed by atoms with Crippen molar-refractivity contribution in [1.82, 2.24) is 45.0 Å². The summed E-state index contributed by atoms with van der Waals surface area (Å²) in [5, 5.41) is 13.1. The molecule has 756 valence electrons. The molecule has 32 heteroatoms. The average molecular weight is 2060 g/mol. The summed E-state index contributed by atoms with van der Waals surface area (Å²) < 4.78 is 15.2. The molecular weight excluding hydrogens is 1920 g/mol. The molecule has 18 rings (SSSR count). The first-order valence-corrected chi connectivity index (χ1v) is 51.3. The number of aliphatic imine (C=N–C) groups is 5. The molecule has 13 N–H and O–H groups in total. The van der Waals surface area contributed by atoms with Crippen LogP contribution in [0.2, 0.25) is 10.0 Å². The SMILES string of the molecule is CCCN(CCC)C(=O)c1cccc(CN2C(=O)C(C)(c3cccc(Br)c3)N=C2N)c1.CN1C(=O)C(C)(c2cc(-c3cccnc3)ccc2F)N=C1N.CN1C(=O)C(C)(c2cccc(-c3cc(Cl)ccc3CNC(=O)Nc3ccc4ccccc4c3)c2)N=C1N.CN1C(=O)[C@@](C)([C@@H]2CCCN(c3cccc(Cl)c3)C2)N=C1N.CN1C(=O)[C@@](CCC2CCCCC2)(C[C@H]2CCC[C@H](NCCc3ccccc3)C2)N=C1N. The summed E-state index contributed by atoms with van der Waals surface area (Å²) in [6, 6.07) is 68.8. The molecule has 8 atom stereocenters. The summed E-state index contributed by atoms with van der Waals surface area (Å²) in [4.78, 5) is 128. The number of anilines is 2. The second-order valence-corrected chi connectivity index (χ2v) is 41.0. The van der Waals surface area contributed by atoms with Crippen LogP contribution < -0.4 is 49.5 Å². The molecule has 0 spiro atoms. The molecule has 7 heterocycles. The van der Waals surface area contributed by atoms with E-state index in [9.17, 15) is 38.0 Å². The van der Waals surface area contributed by atoms with Gasteiger partial charge in [0.2, 0.25) is 0 Å². The molecule has 1 aromatic heterocycles. The fraction of sp³-hybridized carbons (Fsp3) is 0.384. The first kappa shape index (κ1) is 106. The standard InChI is InChI=1S/C29H26ClN5O2.C27H42N4O.C24H29BrN4O2.C16H21ClN4O.C16H15FN4O/c1-29(26(36)35(2)27(31)34-29)22-9-5-8-20(14-22)25-16-23(30)12-10-21(25)17-32-28(37)33-24-13-11-18-6-3-4-7-19(18)15-24;1-31-25(32)27(30-26(31)28,17-15-21-9-4-2-5-10-21)20-23-13-8-14-24(19-23)29-18-16-22-11-6-3-7-12-22;1-4-12-28(13-5-2)21(30)18-9-6-8-17(14-18)16-29-22(31)24(3,27-23(29)26)19-10-7-11-20(25)15-19;1-16(14(22)20(2)15(18)19-16)11-5-4-8-21(10-11)13-7-3-6-12(17)9-13;1-16(14(22)21(2)15(18)20-16)12-8-10(5-6-13(12)17)11-4-3-7-19-9-11/h3-16H,17H2,1-2H3,(H2,31,34)(H2,32,33,37);3,6-7,11-12,21,23-24,29H,2,4-5,8-10,13-20H2,1H3,(H2,28,30);6-11,14-15H,4-5,12-13,16H2,1-3H3,(H2,26,27);3,6-7,9,11H,4-5,8,10H2,1-2H3,(H2,18,19);3-9H,1-2H3,(H2,18,20)/t;23-,24-,27+;;11-,16-;/m.0.1./s1. The summed E-state index contributed by atoms with van der Waals surface area (Å²) in [5.41, 5.74) is 35.4. The maximum absolute atomic E-state index is 14.3. The van der Waals surface area contributed by atoms with Crippen LogP contribution in [0.15, 0.2) is 260 Å². The molecule has 10 aromatic rings. The summed E-state index contributed by atoms with van der Waals surface area (Å²) in [5.74, 6) is 1.53. The van der Waals surface area contributed by atoms with Gasteiger partial charge in [-0.2, -0.15) is 0 Å². The quantitative estimate of drug-likeness (QED) is 0.0250. The van der Waals surface area contributed by atoms with Crippen molar-refractivity contribution < 1.29 is 38.0 Å². The van der Waals surface area contributed by atoms with E-state index in [4.69, 9.17) is 56.9 Å². The third-order valence-corrected chi connectivity index (χ3v) is 29.9. The molecule has 9 aromatic carbocycles. The van der Waals surface area contributed by atoms with Gasteiger partial charge < -0.3 is 54.4 Å². The van der Waals surface area contributed by atoms with E-state index in [0.29, 0.717) is 40.2 Å². The zero-order chi connectivity index (χ0) is 103. The van der Waals surface area contributed by atoms with Crippen molar-refractivity contribution in [2.75, 3.05) is 71.1 Å². The average Bonchev–Trinajstić information content (AvgIpc) is 1.56. The lowest BCUT2D eigenvalue weighted by molar-refractivity contribution is -0.132. The number of fused-ring (bicyclic) bond motifs is 1. The summed E-state index contributed by atoms with van der Waals surface area (Å²) >= 11 is 15.9. The number of nitrogens with one attached hydrogen (secondary N) is 3. The van der Waals surface area contributed by atoms with Gasteiger partial charge in [0.05, 0.1) is 6.54 Å². The van der Waals surface area contributed by atoms with E-state index >= 15 is 0 Å². The maximum Gasteiger partial charge on any atom is 0.319 e. The number of hydrogen-bond acceptors (Lipinski definition) is 20. The molecule has 28 nitrogen and oxygen atoms in total. The van der Waals surface area contributed by atoms with Crippen LogP contribution in [0, 0.1) is 23.6 Å². The number of likely N-dealkylation sites (N-methyl/N-ethyl adjacent to an activating group) is 4. The fourth-order valence-corrected chi connectivity index (χ4v) is 21.4. The van der Waals surface area contributed by atoms with Gasteiger partial charge >= 0.3 is 6.03 Å². The second-order valence-electron chi connectivity index (χ2n) is 39.2. The lowest BCUT2D eigenvalue weighted by Gasteiger charge is -2.39. The Morgan fingerprint density at radius 2 is 1.16 bits per heavy atom. The number of piperidine rings is 1. The largest absolute Gasteiger partial charge is 0.371 e. The zero-order valence-electron chi connectivity index (χ0n) is 83.8. The number of rotatable bonds is 26. The Morgan fingerprint density at radius 1 is 0.535 bits per heavy atom. The highest BCUT2D eigenvalue weighted by molar-refractivity contribution is 9.10. The normalized spacial score (nSPS) is 22.5. The van der Waals surface area contributed by atoms with Gasteiger partial charge in [0, 0.05) is 128 Å². The van der Waals surface area contributed by atoms with Crippen LogP contribution in [-0.2, 0) is 60.1 Å². The predicted molar refractivity (Wildman–Crippen MR) is 577 cm³/mol. The number of urea groups is 1. The van der Waals surface area contributed by atoms with Gasteiger partial charge in [-0.1, -0.05) is 225 Å². The Balaban J connectivity index is 0.000000145. The lowest BCUT2D eigenvalue weighted by atomic mass is 9.74. The number of carbonyl (C=O) groups excluding carboxylic acids is 7. The number of aromatic nitrogens is 1. The number of carbonyl (C=O) groups is 7. The van der Waals surface area contributed by atoms with Crippen molar-refractivity contribution in [3.8, 4) is 22.3 Å². The lowest BCUT2D eigenvalue weighted by Crippen LogP contribution is -2.50. The first-order chi connectivity index (χ1) is 68.9. The summed E-state index contributed by atoms with van der Waals surface area (Å²) in [6.07, 6.45) is 22.6. The number of hydrogen-bond donors (Lipinski definition) is 8. The zero-order valence-corrected chi connectivity index (χ0v) is 86.9. The smallest absolute Gasteiger partial charge is 0.319 e. The fourth-order valence-electron chi connectivity index (χ4n) is 20.7. The van der Waals surface area contributed by atoms with Crippen molar-refractivity contribution in [3.05, 3.63) is 290 Å². The molecule has 0 radical (unpaired) electrons. The Kier molecular flexibility index (Phi) is 34.7. The number of pyridine rings is 1. The maximum atomic E-state index is 14.3. The van der Waals surface area contributed by atoms with Crippen LogP contribution in [0.1, 0.15) is 188 Å². The molecule has 3 fully saturated rings. The number of nitrogens with zero attached hydrogens (tertiary/aromatic N) is 13. The number of amides is 8.